The number of methoxy groups -OCH3 is 2. The first-order chi connectivity index (χ1) is 11.1. The lowest BCUT2D eigenvalue weighted by molar-refractivity contribution is -0.121. The second-order valence-corrected chi connectivity index (χ2v) is 6.55. The molecule has 0 aliphatic carbocycles. The number of benzene rings is 1. The fourth-order valence-corrected chi connectivity index (χ4v) is 3.35. The third-order valence-corrected chi connectivity index (χ3v) is 4.81. The Kier molecular flexibility index (Phi) is 7.01. The molecule has 0 spiro atoms. The van der Waals surface area contributed by atoms with E-state index in [1.807, 2.05) is 11.8 Å². The Balaban J connectivity index is 1.86. The number of thioether (sulfide) groups is 1. The Bertz CT molecular complexity index is 499. The standard InChI is InChI=1S/C16H24N2O4S/c1-21-13-5-11(6-14(8-13)22-2)15(19)9-18-16(20)7-12-10-23-4-3-17-12/h5-6,8,12,15,17,19H,3-4,7,9-10H2,1-2H3,(H,18,20). The predicted octanol–water partition coefficient (Wildman–Crippen LogP) is 0.948. The smallest absolute Gasteiger partial charge is 0.221 e. The van der Waals surface area contributed by atoms with E-state index in [2.05, 4.69) is 10.6 Å². The van der Waals surface area contributed by atoms with E-state index in [1.165, 1.54) is 0 Å². The SMILES string of the molecule is COc1cc(OC)cc(C(O)CNC(=O)CC2CSCCN2)c1. The van der Waals surface area contributed by atoms with Crippen LogP contribution in [0.25, 0.3) is 0 Å². The molecule has 3 N–H and O–H groups in total. The zero-order valence-electron chi connectivity index (χ0n) is 13.5. The maximum Gasteiger partial charge on any atom is 0.221 e. The molecule has 1 heterocycles. The number of carbonyl (C=O) groups is 1. The number of aliphatic hydroxyl groups excluding tert-OH is 1. The molecule has 128 valence electrons. The van der Waals surface area contributed by atoms with Crippen LogP contribution in [0.15, 0.2) is 18.2 Å². The maximum atomic E-state index is 12.0. The molecule has 6 nitrogen and oxygen atoms in total. The van der Waals surface area contributed by atoms with Gasteiger partial charge in [-0.2, -0.15) is 11.8 Å². The minimum absolute atomic E-state index is 0.0566. The van der Waals surface area contributed by atoms with Gasteiger partial charge in [-0.15, -0.1) is 0 Å². The number of hydrogen-bond acceptors (Lipinski definition) is 6. The summed E-state index contributed by atoms with van der Waals surface area (Å²) in [7, 11) is 3.11. The van der Waals surface area contributed by atoms with Gasteiger partial charge in [-0.05, 0) is 17.7 Å². The van der Waals surface area contributed by atoms with Crippen LogP contribution in [-0.2, 0) is 4.79 Å². The van der Waals surface area contributed by atoms with Crippen molar-refractivity contribution in [1.29, 1.82) is 0 Å². The lowest BCUT2D eigenvalue weighted by Gasteiger charge is -2.23. The van der Waals surface area contributed by atoms with Gasteiger partial charge in [0.2, 0.25) is 5.91 Å². The lowest BCUT2D eigenvalue weighted by atomic mass is 10.1. The van der Waals surface area contributed by atoms with E-state index in [9.17, 15) is 9.90 Å². The average molecular weight is 340 g/mol. The van der Waals surface area contributed by atoms with Crippen molar-refractivity contribution in [2.45, 2.75) is 18.6 Å². The van der Waals surface area contributed by atoms with Gasteiger partial charge in [0, 0.05) is 43.1 Å². The van der Waals surface area contributed by atoms with Crippen LogP contribution in [0, 0.1) is 0 Å². The quantitative estimate of drug-likeness (QED) is 0.686. The van der Waals surface area contributed by atoms with Gasteiger partial charge in [-0.3, -0.25) is 4.79 Å². The van der Waals surface area contributed by atoms with Crippen molar-refractivity contribution in [3.63, 3.8) is 0 Å². The Morgan fingerprint density at radius 2 is 2.09 bits per heavy atom. The Morgan fingerprint density at radius 1 is 1.39 bits per heavy atom. The van der Waals surface area contributed by atoms with Crippen molar-refractivity contribution in [3.05, 3.63) is 23.8 Å². The highest BCUT2D eigenvalue weighted by atomic mass is 32.2. The number of hydrogen-bond donors (Lipinski definition) is 3. The molecule has 7 heteroatoms. The molecule has 1 aliphatic rings. The fraction of sp³-hybridized carbons (Fsp3) is 0.562. The van der Waals surface area contributed by atoms with E-state index >= 15 is 0 Å². The van der Waals surface area contributed by atoms with Gasteiger partial charge in [0.1, 0.15) is 11.5 Å². The summed E-state index contributed by atoms with van der Waals surface area (Å²) in [6, 6.07) is 5.42. The van der Waals surface area contributed by atoms with Gasteiger partial charge < -0.3 is 25.2 Å². The molecule has 1 aliphatic heterocycles. The van der Waals surface area contributed by atoms with Gasteiger partial charge in [-0.25, -0.2) is 0 Å². The van der Waals surface area contributed by atoms with Crippen molar-refractivity contribution in [2.24, 2.45) is 0 Å². The monoisotopic (exact) mass is 340 g/mol. The second-order valence-electron chi connectivity index (χ2n) is 5.40. The van der Waals surface area contributed by atoms with Gasteiger partial charge in [0.15, 0.2) is 0 Å². The van der Waals surface area contributed by atoms with Gasteiger partial charge in [0.25, 0.3) is 0 Å². The number of rotatable bonds is 7. The minimum Gasteiger partial charge on any atom is -0.497 e. The predicted molar refractivity (Wildman–Crippen MR) is 91.2 cm³/mol. The molecule has 1 aromatic carbocycles. The topological polar surface area (TPSA) is 79.8 Å². The van der Waals surface area contributed by atoms with Crippen molar-refractivity contribution < 1.29 is 19.4 Å². The summed E-state index contributed by atoms with van der Waals surface area (Å²) in [5, 5.41) is 16.4. The van der Waals surface area contributed by atoms with Gasteiger partial charge in [-0.1, -0.05) is 0 Å². The van der Waals surface area contributed by atoms with E-state index in [1.54, 1.807) is 32.4 Å². The normalized spacial score (nSPS) is 19.0. The van der Waals surface area contributed by atoms with E-state index < -0.39 is 6.10 Å². The lowest BCUT2D eigenvalue weighted by Crippen LogP contribution is -2.41. The molecule has 23 heavy (non-hydrogen) atoms. The van der Waals surface area contributed by atoms with E-state index in [4.69, 9.17) is 9.47 Å². The molecule has 0 saturated carbocycles. The molecule has 0 bridgehead atoms. The molecular formula is C16H24N2O4S. The van der Waals surface area contributed by atoms with Crippen LogP contribution < -0.4 is 20.1 Å². The number of amides is 1. The van der Waals surface area contributed by atoms with Crippen LogP contribution in [0.2, 0.25) is 0 Å². The molecule has 2 atom stereocenters. The molecule has 1 saturated heterocycles. The van der Waals surface area contributed by atoms with E-state index in [-0.39, 0.29) is 18.5 Å². The molecule has 1 amide bonds. The molecule has 1 fully saturated rings. The summed E-state index contributed by atoms with van der Waals surface area (Å²) in [5.74, 6) is 3.19. The van der Waals surface area contributed by atoms with Crippen molar-refractivity contribution in [2.75, 3.05) is 38.8 Å². The third kappa shape index (κ3) is 5.60. The largest absolute Gasteiger partial charge is 0.497 e. The highest BCUT2D eigenvalue weighted by molar-refractivity contribution is 7.99. The Hall–Kier alpha value is -1.44. The maximum absolute atomic E-state index is 12.0. The van der Waals surface area contributed by atoms with Crippen molar-refractivity contribution in [1.82, 2.24) is 10.6 Å². The van der Waals surface area contributed by atoms with Crippen LogP contribution in [0.4, 0.5) is 0 Å². The summed E-state index contributed by atoms with van der Waals surface area (Å²) in [6.07, 6.45) is -0.377. The number of aliphatic hydroxyl groups is 1. The minimum atomic E-state index is -0.809. The summed E-state index contributed by atoms with van der Waals surface area (Å²) in [5.41, 5.74) is 0.646. The van der Waals surface area contributed by atoms with E-state index in [0.29, 0.717) is 23.5 Å². The molecule has 0 aromatic heterocycles. The highest BCUT2D eigenvalue weighted by Crippen LogP contribution is 2.26. The van der Waals surface area contributed by atoms with Crippen molar-refractivity contribution >= 4 is 17.7 Å². The van der Waals surface area contributed by atoms with Crippen LogP contribution in [0.1, 0.15) is 18.1 Å². The number of ether oxygens (including phenoxy) is 2. The Labute approximate surface area is 140 Å². The van der Waals surface area contributed by atoms with Gasteiger partial charge in [0.05, 0.1) is 20.3 Å². The highest BCUT2D eigenvalue weighted by Gasteiger charge is 2.18. The van der Waals surface area contributed by atoms with Crippen LogP contribution in [-0.4, -0.2) is 55.9 Å². The molecule has 2 rings (SSSR count). The van der Waals surface area contributed by atoms with Crippen LogP contribution in [0.5, 0.6) is 11.5 Å². The average Bonchev–Trinajstić information content (AvgIpc) is 2.60. The third-order valence-electron chi connectivity index (χ3n) is 3.68. The zero-order chi connectivity index (χ0) is 16.7. The zero-order valence-corrected chi connectivity index (χ0v) is 14.3. The molecule has 1 aromatic rings. The number of nitrogens with one attached hydrogen (secondary N) is 2. The first-order valence-corrected chi connectivity index (χ1v) is 8.76. The summed E-state index contributed by atoms with van der Waals surface area (Å²) in [4.78, 5) is 12.0. The van der Waals surface area contributed by atoms with Crippen LogP contribution >= 0.6 is 11.8 Å². The van der Waals surface area contributed by atoms with Crippen molar-refractivity contribution in [3.8, 4) is 11.5 Å². The summed E-state index contributed by atoms with van der Waals surface area (Å²) < 4.78 is 10.4. The Morgan fingerprint density at radius 3 is 2.65 bits per heavy atom. The molecule has 2 unspecified atom stereocenters. The first kappa shape index (κ1) is 17.9. The first-order valence-electron chi connectivity index (χ1n) is 7.61. The molecule has 0 radical (unpaired) electrons. The second kappa shape index (κ2) is 9.00. The molecular weight excluding hydrogens is 316 g/mol. The fourth-order valence-electron chi connectivity index (χ4n) is 2.40. The summed E-state index contributed by atoms with van der Waals surface area (Å²) in [6.45, 7) is 1.10. The van der Waals surface area contributed by atoms with Gasteiger partial charge >= 0.3 is 0 Å². The van der Waals surface area contributed by atoms with Crippen LogP contribution in [0.3, 0.4) is 0 Å². The number of carbonyl (C=O) groups excluding carboxylic acids is 1. The summed E-state index contributed by atoms with van der Waals surface area (Å²) >= 11 is 1.85. The van der Waals surface area contributed by atoms with E-state index in [0.717, 1.165) is 18.1 Å².